The zero-order chi connectivity index (χ0) is 71.5. The van der Waals surface area contributed by atoms with Gasteiger partial charge in [0.1, 0.15) is 18.7 Å². The minimum Gasteiger partial charge on any atom is -0.481 e. The molecule has 1 saturated carbocycles. The number of hydrogen-bond acceptors (Lipinski definition) is 18. The third-order valence-corrected chi connectivity index (χ3v) is 19.1. The van der Waals surface area contributed by atoms with Crippen LogP contribution in [-0.4, -0.2) is 167 Å². The van der Waals surface area contributed by atoms with Crippen molar-refractivity contribution in [2.75, 3.05) is 51.8 Å². The highest BCUT2D eigenvalue weighted by atomic mass is 32.2. The standard InChI is InChI=1S/C68H118N9O18PS/c1-3-5-7-9-11-13-15-17-19-21-23-25-27-29-31-35-61(82)92-48-53(95-62(83)36-32-30-28-26-24-22-20-18-16-14-12-10-8-6-4-2)49-94-96(90,91)93-43-42-72-63(84)52-39-37-51(38-40-52)47-77-59(79)45-57(66(77)87)97-50-56(67(88)89)76-65(86)55(44-60(80)81)75-58(78)46-74-64(85)54(69)34-33-41-73-68(70)71/h17-20,51-57H,3-16,21-50,69H2,1-2H3,(H,72,84)(H,74,85)(H,75,78)(H,76,86)(H,80,81)(H,88,89)(H,90,91)(H4,70,71,73)/b19-17-,20-18-/t51?,52?,53-,54+,55+,56+,57?/m1/s1. The number of amides is 6. The number of likely N-dealkylation sites (tertiary alicyclic amines) is 1. The van der Waals surface area contributed by atoms with E-state index in [0.29, 0.717) is 44.9 Å². The zero-order valence-corrected chi connectivity index (χ0v) is 59.6. The molecule has 2 unspecified atom stereocenters. The highest BCUT2D eigenvalue weighted by molar-refractivity contribution is 8.00. The Morgan fingerprint density at radius 3 is 1.74 bits per heavy atom. The topological polar surface area (TPSA) is 427 Å². The average molecular weight is 1410 g/mol. The summed E-state index contributed by atoms with van der Waals surface area (Å²) in [6.45, 7) is 2.48. The molecule has 1 heterocycles. The van der Waals surface area contributed by atoms with Gasteiger partial charge in [-0.05, 0) is 109 Å². The quantitative estimate of drug-likeness (QED) is 0.00519. The van der Waals surface area contributed by atoms with Gasteiger partial charge in [-0.1, -0.05) is 141 Å². The highest BCUT2D eigenvalue weighted by Gasteiger charge is 2.42. The SMILES string of the molecule is CCCCCCCC/C=C\CCCCCCCC(=O)OC[C@H](COP(=O)(O)OCCNC(=O)C1CCC(CN2C(=O)CC(SC[C@H](NC(=O)[C@H](CC(=O)O)NC(=O)CNC(=O)[C@@H](N)CCCN=C(N)N)C(=O)O)C2=O)CC1)OC(=O)CCCCCCC/C=C\CCCCCCCC. The van der Waals surface area contributed by atoms with E-state index in [1.807, 2.05) is 0 Å². The molecule has 6 amide bonds. The molecule has 1 aliphatic heterocycles. The van der Waals surface area contributed by atoms with Crippen LogP contribution in [0.25, 0.3) is 0 Å². The van der Waals surface area contributed by atoms with E-state index in [4.69, 9.17) is 35.7 Å². The number of carbonyl (C=O) groups excluding carboxylic acids is 8. The smallest absolute Gasteiger partial charge is 0.472 e. The third kappa shape index (κ3) is 44.0. The number of allylic oxidation sites excluding steroid dienone is 4. The number of thioether (sulfide) groups is 1. The Bertz CT molecular complexity index is 2480. The number of aliphatic carboxylic acids is 2. The third-order valence-electron chi connectivity index (χ3n) is 16.8. The van der Waals surface area contributed by atoms with Crippen molar-refractivity contribution >= 4 is 84.9 Å². The van der Waals surface area contributed by atoms with Crippen molar-refractivity contribution in [3.05, 3.63) is 24.3 Å². The van der Waals surface area contributed by atoms with Crippen molar-refractivity contribution in [2.24, 2.45) is 34.0 Å². The Kier molecular flexibility index (Phi) is 48.5. The molecule has 2 aliphatic rings. The Morgan fingerprint density at radius 1 is 0.670 bits per heavy atom. The molecule has 13 N–H and O–H groups in total. The van der Waals surface area contributed by atoms with Crippen molar-refractivity contribution in [3.8, 4) is 0 Å². The van der Waals surface area contributed by atoms with Gasteiger partial charge < -0.3 is 63.0 Å². The van der Waals surface area contributed by atoms with Crippen molar-refractivity contribution in [2.45, 2.75) is 274 Å². The fraction of sp³-hybridized carbons (Fsp3) is 0.779. The van der Waals surface area contributed by atoms with Gasteiger partial charge in [0.15, 0.2) is 12.1 Å². The molecule has 2 rings (SSSR count). The highest BCUT2D eigenvalue weighted by Crippen LogP contribution is 2.43. The molecule has 0 aromatic carbocycles. The number of ether oxygens (including phenoxy) is 2. The van der Waals surface area contributed by atoms with Gasteiger partial charge in [-0.15, -0.1) is 11.8 Å². The number of nitrogens with zero attached hydrogens (tertiary/aromatic N) is 2. The number of unbranched alkanes of at least 4 members (excludes halogenated alkanes) is 22. The number of phosphoric ester groups is 1. The summed E-state index contributed by atoms with van der Waals surface area (Å²) in [5, 5.41) is 27.7. The summed E-state index contributed by atoms with van der Waals surface area (Å²) in [5.41, 5.74) is 16.4. The summed E-state index contributed by atoms with van der Waals surface area (Å²) in [6.07, 6.45) is 38.1. The lowest BCUT2D eigenvalue weighted by molar-refractivity contribution is -0.161. The van der Waals surface area contributed by atoms with E-state index >= 15 is 0 Å². The van der Waals surface area contributed by atoms with Crippen LogP contribution in [0.3, 0.4) is 0 Å². The van der Waals surface area contributed by atoms with E-state index in [0.717, 1.165) is 93.7 Å². The van der Waals surface area contributed by atoms with E-state index in [2.05, 4.69) is 64.4 Å². The fourth-order valence-electron chi connectivity index (χ4n) is 11.1. The summed E-state index contributed by atoms with van der Waals surface area (Å²) < 4.78 is 34.5. The Morgan fingerprint density at radius 2 is 1.21 bits per heavy atom. The Labute approximate surface area is 579 Å². The second-order valence-corrected chi connectivity index (χ2v) is 28.0. The first-order chi connectivity index (χ1) is 46.5. The maximum atomic E-state index is 13.5. The van der Waals surface area contributed by atoms with E-state index in [1.165, 1.54) is 77.0 Å². The van der Waals surface area contributed by atoms with Crippen LogP contribution in [0.1, 0.15) is 245 Å². The molecule has 27 nitrogen and oxygen atoms in total. The number of carboxylic acid groups (broad SMARTS) is 2. The first kappa shape index (κ1) is 87.2. The molecular weight excluding hydrogens is 1290 g/mol. The van der Waals surface area contributed by atoms with Gasteiger partial charge in [0.2, 0.25) is 35.4 Å². The second-order valence-electron chi connectivity index (χ2n) is 25.3. The molecule has 6 atom stereocenters. The van der Waals surface area contributed by atoms with Gasteiger partial charge in [0.05, 0.1) is 37.5 Å². The lowest BCUT2D eigenvalue weighted by atomic mass is 9.81. The minimum absolute atomic E-state index is 0.0581. The largest absolute Gasteiger partial charge is 0.481 e. The Hall–Kier alpha value is -5.93. The first-order valence-electron chi connectivity index (χ1n) is 35.7. The summed E-state index contributed by atoms with van der Waals surface area (Å²) in [5.74, 6) is -9.49. The monoisotopic (exact) mass is 1410 g/mol. The maximum absolute atomic E-state index is 13.5. The number of hydrogen-bond donors (Lipinski definition) is 10. The molecule has 0 bridgehead atoms. The maximum Gasteiger partial charge on any atom is 0.472 e. The summed E-state index contributed by atoms with van der Waals surface area (Å²) in [6, 6.07) is -4.48. The minimum atomic E-state index is -4.76. The van der Waals surface area contributed by atoms with Crippen LogP contribution in [0.4, 0.5) is 0 Å². The van der Waals surface area contributed by atoms with Gasteiger partial charge in [0, 0.05) is 50.6 Å². The van der Waals surface area contributed by atoms with Crippen molar-refractivity contribution in [3.63, 3.8) is 0 Å². The summed E-state index contributed by atoms with van der Waals surface area (Å²) in [7, 11) is -4.76. The van der Waals surface area contributed by atoms with Gasteiger partial charge >= 0.3 is 31.7 Å². The van der Waals surface area contributed by atoms with Crippen molar-refractivity contribution in [1.29, 1.82) is 0 Å². The zero-order valence-electron chi connectivity index (χ0n) is 57.9. The van der Waals surface area contributed by atoms with Crippen LogP contribution < -0.4 is 38.5 Å². The number of nitrogens with one attached hydrogen (secondary N) is 4. The lowest BCUT2D eigenvalue weighted by Crippen LogP contribution is -2.55. The van der Waals surface area contributed by atoms with Gasteiger partial charge in [0.25, 0.3) is 0 Å². The van der Waals surface area contributed by atoms with E-state index in [9.17, 15) is 67.6 Å². The average Bonchev–Trinajstić information content (AvgIpc) is 1.69. The van der Waals surface area contributed by atoms with Crippen LogP contribution in [0.15, 0.2) is 29.3 Å². The molecule has 29 heteroatoms. The molecule has 2 fully saturated rings. The number of phosphoric acid groups is 1. The lowest BCUT2D eigenvalue weighted by Gasteiger charge is -2.30. The van der Waals surface area contributed by atoms with Crippen molar-refractivity contribution in [1.82, 2.24) is 26.2 Å². The molecular formula is C68H118N9O18PS. The first-order valence-corrected chi connectivity index (χ1v) is 38.2. The number of aliphatic imine (C=N–C) groups is 1. The van der Waals surface area contributed by atoms with Gasteiger partial charge in [-0.3, -0.25) is 62.1 Å². The number of carboxylic acids is 2. The van der Waals surface area contributed by atoms with Crippen LogP contribution in [0.5, 0.6) is 0 Å². The molecule has 1 saturated heterocycles. The second kappa shape index (κ2) is 54.0. The number of imide groups is 1. The van der Waals surface area contributed by atoms with Crippen LogP contribution in [0, 0.1) is 11.8 Å². The molecule has 0 aromatic rings. The van der Waals surface area contributed by atoms with Crippen molar-refractivity contribution < 1.29 is 86.1 Å². The van der Waals surface area contributed by atoms with Crippen LogP contribution >= 0.6 is 19.6 Å². The fourth-order valence-corrected chi connectivity index (χ4v) is 13.0. The summed E-state index contributed by atoms with van der Waals surface area (Å²) >= 11 is 0.809. The molecule has 0 spiro atoms. The molecule has 1 aliphatic carbocycles. The molecule has 97 heavy (non-hydrogen) atoms. The van der Waals surface area contributed by atoms with Gasteiger partial charge in [-0.2, -0.15) is 0 Å². The predicted molar refractivity (Wildman–Crippen MR) is 372 cm³/mol. The molecule has 0 radical (unpaired) electrons. The van der Waals surface area contributed by atoms with E-state index in [-0.39, 0.29) is 69.7 Å². The number of guanidine groups is 1. The number of nitrogens with two attached hydrogens (primary N) is 3. The number of rotatable bonds is 59. The summed E-state index contributed by atoms with van der Waals surface area (Å²) in [4.78, 5) is 143. The Balaban J connectivity index is 1.82. The van der Waals surface area contributed by atoms with E-state index in [1.54, 1.807) is 0 Å². The van der Waals surface area contributed by atoms with E-state index < -0.39 is 129 Å². The van der Waals surface area contributed by atoms with Crippen LogP contribution in [0.2, 0.25) is 0 Å². The molecule has 554 valence electrons. The predicted octanol–water partition coefficient (Wildman–Crippen LogP) is 8.46. The number of carbonyl (C=O) groups is 10. The van der Waals surface area contributed by atoms with Crippen LogP contribution in [-0.2, 0) is 71.0 Å². The van der Waals surface area contributed by atoms with Gasteiger partial charge in [-0.25, -0.2) is 9.36 Å². The normalized spacial score (nSPS) is 17.4. The molecule has 0 aromatic heterocycles. The number of esters is 2.